The van der Waals surface area contributed by atoms with Gasteiger partial charge in [0.05, 0.1) is 11.9 Å². The van der Waals surface area contributed by atoms with Gasteiger partial charge in [-0.3, -0.25) is 0 Å². The van der Waals surface area contributed by atoms with Gasteiger partial charge in [-0.05, 0) is 23.3 Å². The first-order chi connectivity index (χ1) is 14.7. The second-order valence-electron chi connectivity index (χ2n) is 7.17. The lowest BCUT2D eigenvalue weighted by Gasteiger charge is -2.35. The van der Waals surface area contributed by atoms with Crippen LogP contribution in [0.25, 0.3) is 0 Å². The molecular weight excluding hydrogens is 378 g/mol. The zero-order chi connectivity index (χ0) is 20.8. The normalized spacial score (nSPS) is 13.7. The number of urea groups is 1. The minimum atomic E-state index is -0.0707. The monoisotopic (exact) mass is 401 g/mol. The van der Waals surface area contributed by atoms with Crippen molar-refractivity contribution in [3.8, 4) is 6.07 Å². The summed E-state index contributed by atoms with van der Waals surface area (Å²) in [5.41, 5.74) is 2.81. The molecule has 8 nitrogen and oxygen atoms in total. The molecule has 1 saturated heterocycles. The van der Waals surface area contributed by atoms with E-state index >= 15 is 0 Å². The lowest BCUT2D eigenvalue weighted by atomic mass is 10.1. The van der Waals surface area contributed by atoms with Crippen LogP contribution in [0.15, 0.2) is 61.3 Å². The quantitative estimate of drug-likeness (QED) is 0.708. The zero-order valence-electron chi connectivity index (χ0n) is 16.6. The summed E-state index contributed by atoms with van der Waals surface area (Å²) in [5.74, 6) is 0.691. The molecule has 3 heterocycles. The van der Waals surface area contributed by atoms with Crippen LogP contribution in [-0.4, -0.2) is 51.6 Å². The molecule has 0 unspecified atom stereocenters. The fourth-order valence-electron chi connectivity index (χ4n) is 3.50. The Labute approximate surface area is 175 Å². The van der Waals surface area contributed by atoms with Crippen molar-refractivity contribution in [1.29, 1.82) is 5.26 Å². The van der Waals surface area contributed by atoms with Crippen molar-refractivity contribution < 1.29 is 4.79 Å². The number of anilines is 1. The number of piperazine rings is 1. The predicted octanol–water partition coefficient (Wildman–Crippen LogP) is 2.23. The molecule has 152 valence electrons. The average Bonchev–Trinajstić information content (AvgIpc) is 3.31. The van der Waals surface area contributed by atoms with Crippen LogP contribution in [0.1, 0.15) is 16.7 Å². The highest BCUT2D eigenvalue weighted by Crippen LogP contribution is 2.18. The van der Waals surface area contributed by atoms with E-state index in [-0.39, 0.29) is 6.03 Å². The summed E-state index contributed by atoms with van der Waals surface area (Å²) in [6.45, 7) is 3.77. The molecule has 0 aliphatic carbocycles. The zero-order valence-corrected chi connectivity index (χ0v) is 16.6. The molecule has 0 bridgehead atoms. The van der Waals surface area contributed by atoms with Gasteiger partial charge in [0.15, 0.2) is 0 Å². The molecule has 3 aromatic rings. The lowest BCUT2D eigenvalue weighted by Crippen LogP contribution is -2.52. The fraction of sp³-hybridized carbons (Fsp3) is 0.273. The van der Waals surface area contributed by atoms with Crippen LogP contribution in [0.4, 0.5) is 10.6 Å². The molecule has 0 spiro atoms. The molecular formula is C22H23N7O. The van der Waals surface area contributed by atoms with E-state index in [1.54, 1.807) is 35.8 Å². The number of rotatable bonds is 5. The lowest BCUT2D eigenvalue weighted by molar-refractivity contribution is 0.194. The van der Waals surface area contributed by atoms with E-state index in [9.17, 15) is 10.1 Å². The largest absolute Gasteiger partial charge is 0.352 e. The van der Waals surface area contributed by atoms with Crippen LogP contribution in [-0.2, 0) is 13.1 Å². The van der Waals surface area contributed by atoms with Gasteiger partial charge < -0.3 is 19.7 Å². The van der Waals surface area contributed by atoms with Crippen LogP contribution >= 0.6 is 0 Å². The smallest absolute Gasteiger partial charge is 0.317 e. The number of nitrogens with zero attached hydrogens (tertiary/aromatic N) is 6. The Balaban J connectivity index is 1.25. The molecule has 2 aromatic heterocycles. The Morgan fingerprint density at radius 3 is 2.53 bits per heavy atom. The number of aromatic nitrogens is 3. The summed E-state index contributed by atoms with van der Waals surface area (Å²) in [7, 11) is 0. The van der Waals surface area contributed by atoms with Crippen molar-refractivity contribution in [1.82, 2.24) is 24.8 Å². The minimum Gasteiger partial charge on any atom is -0.352 e. The molecule has 1 aliphatic rings. The Morgan fingerprint density at radius 2 is 1.83 bits per heavy atom. The Kier molecular flexibility index (Phi) is 5.90. The molecule has 1 aromatic carbocycles. The summed E-state index contributed by atoms with van der Waals surface area (Å²) < 4.78 is 2.01. The van der Waals surface area contributed by atoms with E-state index in [1.165, 1.54) is 5.56 Å². The van der Waals surface area contributed by atoms with Gasteiger partial charge in [0.1, 0.15) is 11.9 Å². The van der Waals surface area contributed by atoms with Crippen LogP contribution in [0, 0.1) is 11.3 Å². The molecule has 1 N–H and O–H groups in total. The van der Waals surface area contributed by atoms with E-state index in [2.05, 4.69) is 38.4 Å². The maximum atomic E-state index is 12.5. The Hall–Kier alpha value is -3.86. The fourth-order valence-corrected chi connectivity index (χ4v) is 3.50. The van der Waals surface area contributed by atoms with Crippen molar-refractivity contribution in [3.05, 3.63) is 78.0 Å². The van der Waals surface area contributed by atoms with Gasteiger partial charge >= 0.3 is 6.03 Å². The molecule has 1 aliphatic heterocycles. The van der Waals surface area contributed by atoms with Crippen LogP contribution < -0.4 is 10.2 Å². The van der Waals surface area contributed by atoms with Gasteiger partial charge in [-0.25, -0.2) is 14.8 Å². The SMILES string of the molecule is N#Cc1cccnc1N1CCN(C(=O)NCc2ccc(Cn3ccnc3)cc2)CC1. The van der Waals surface area contributed by atoms with E-state index in [0.29, 0.717) is 44.1 Å². The first-order valence-electron chi connectivity index (χ1n) is 9.89. The molecule has 4 rings (SSSR count). The first-order valence-corrected chi connectivity index (χ1v) is 9.89. The van der Waals surface area contributed by atoms with Gasteiger partial charge in [-0.1, -0.05) is 24.3 Å². The number of nitrogens with one attached hydrogen (secondary N) is 1. The maximum absolute atomic E-state index is 12.5. The molecule has 2 amide bonds. The van der Waals surface area contributed by atoms with Gasteiger partial charge in [-0.2, -0.15) is 5.26 Å². The topological polar surface area (TPSA) is 90.1 Å². The second-order valence-corrected chi connectivity index (χ2v) is 7.17. The molecule has 0 radical (unpaired) electrons. The maximum Gasteiger partial charge on any atom is 0.317 e. The highest BCUT2D eigenvalue weighted by Gasteiger charge is 2.23. The number of amides is 2. The average molecular weight is 401 g/mol. The number of pyridine rings is 1. The van der Waals surface area contributed by atoms with Gasteiger partial charge in [0.2, 0.25) is 0 Å². The molecule has 30 heavy (non-hydrogen) atoms. The predicted molar refractivity (Wildman–Crippen MR) is 113 cm³/mol. The summed E-state index contributed by atoms with van der Waals surface area (Å²) in [6.07, 6.45) is 7.18. The summed E-state index contributed by atoms with van der Waals surface area (Å²) in [4.78, 5) is 24.8. The van der Waals surface area contributed by atoms with Crippen LogP contribution in [0.3, 0.4) is 0 Å². The Morgan fingerprint density at radius 1 is 1.07 bits per heavy atom. The van der Waals surface area contributed by atoms with E-state index in [1.807, 2.05) is 22.9 Å². The highest BCUT2D eigenvalue weighted by molar-refractivity contribution is 5.74. The van der Waals surface area contributed by atoms with Gasteiger partial charge in [0.25, 0.3) is 0 Å². The third-order valence-electron chi connectivity index (χ3n) is 5.16. The van der Waals surface area contributed by atoms with Crippen LogP contribution in [0.5, 0.6) is 0 Å². The van der Waals surface area contributed by atoms with Crippen molar-refractivity contribution in [2.75, 3.05) is 31.1 Å². The number of nitriles is 1. The summed E-state index contributed by atoms with van der Waals surface area (Å²) in [5, 5.41) is 12.2. The van der Waals surface area contributed by atoms with Crippen molar-refractivity contribution in [2.24, 2.45) is 0 Å². The third-order valence-corrected chi connectivity index (χ3v) is 5.16. The minimum absolute atomic E-state index is 0.0707. The second kappa shape index (κ2) is 9.09. The number of hydrogen-bond acceptors (Lipinski definition) is 5. The number of hydrogen-bond donors (Lipinski definition) is 1. The first kappa shape index (κ1) is 19.5. The highest BCUT2D eigenvalue weighted by atomic mass is 16.2. The van der Waals surface area contributed by atoms with Gasteiger partial charge in [0, 0.05) is 57.9 Å². The van der Waals surface area contributed by atoms with Crippen LogP contribution in [0.2, 0.25) is 0 Å². The third kappa shape index (κ3) is 4.58. The van der Waals surface area contributed by atoms with Crippen molar-refractivity contribution in [2.45, 2.75) is 13.1 Å². The van der Waals surface area contributed by atoms with E-state index in [4.69, 9.17) is 0 Å². The Bertz CT molecular complexity index is 1020. The number of carbonyl (C=O) groups is 1. The number of benzene rings is 1. The summed E-state index contributed by atoms with van der Waals surface area (Å²) in [6, 6.07) is 13.8. The van der Waals surface area contributed by atoms with E-state index in [0.717, 1.165) is 12.1 Å². The summed E-state index contributed by atoms with van der Waals surface area (Å²) >= 11 is 0. The molecule has 1 fully saturated rings. The molecule has 0 saturated carbocycles. The van der Waals surface area contributed by atoms with Gasteiger partial charge in [-0.15, -0.1) is 0 Å². The number of carbonyl (C=O) groups excluding carboxylic acids is 1. The number of imidazole rings is 1. The molecule has 0 atom stereocenters. The standard InChI is InChI=1S/C22H23N7O/c23-14-20-2-1-7-25-21(20)28-10-12-29(13-11-28)22(30)26-15-18-3-5-19(6-4-18)16-27-9-8-24-17-27/h1-9,17H,10-13,15-16H2,(H,26,30). The molecule has 8 heteroatoms. The van der Waals surface area contributed by atoms with Crippen molar-refractivity contribution in [3.63, 3.8) is 0 Å². The van der Waals surface area contributed by atoms with E-state index < -0.39 is 0 Å². The van der Waals surface area contributed by atoms with Crippen molar-refractivity contribution >= 4 is 11.8 Å².